The zero-order valence-corrected chi connectivity index (χ0v) is 9.17. The summed E-state index contributed by atoms with van der Waals surface area (Å²) < 4.78 is 9.77. The first-order valence-electron chi connectivity index (χ1n) is 4.48. The van der Waals surface area contributed by atoms with Crippen molar-refractivity contribution < 1.29 is 13.9 Å². The summed E-state index contributed by atoms with van der Waals surface area (Å²) in [4.78, 5) is 10.8. The van der Waals surface area contributed by atoms with E-state index in [0.717, 1.165) is 5.39 Å². The number of furan rings is 1. The van der Waals surface area contributed by atoms with Crippen molar-refractivity contribution in [3.63, 3.8) is 0 Å². The molecule has 4 heteroatoms. The maximum atomic E-state index is 10.8. The average molecular weight is 235 g/mol. The van der Waals surface area contributed by atoms with Crippen LogP contribution in [0.1, 0.15) is 5.76 Å². The fourth-order valence-corrected chi connectivity index (χ4v) is 1.42. The van der Waals surface area contributed by atoms with Gasteiger partial charge in [0.2, 0.25) is 0 Å². The van der Waals surface area contributed by atoms with Crippen LogP contribution in [0.5, 0.6) is 0 Å². The maximum absolute atomic E-state index is 10.8. The Morgan fingerprint density at radius 3 is 3.00 bits per heavy atom. The van der Waals surface area contributed by atoms with E-state index < -0.39 is 5.97 Å². The standard InChI is InChI=1S/C12H7ClO3/c1-15-12(14)5-3-10-7-8-6-9(13)2-4-11(8)16-10/h2,4,6-7H,1H3. The topological polar surface area (TPSA) is 39.4 Å². The number of carbonyl (C=O) groups is 1. The molecule has 1 heterocycles. The minimum Gasteiger partial charge on any atom is -0.459 e. The van der Waals surface area contributed by atoms with E-state index in [0.29, 0.717) is 16.4 Å². The zero-order valence-electron chi connectivity index (χ0n) is 8.41. The van der Waals surface area contributed by atoms with Crippen molar-refractivity contribution in [1.82, 2.24) is 0 Å². The molecule has 0 spiro atoms. The molecule has 0 aliphatic heterocycles. The number of halogens is 1. The highest BCUT2D eigenvalue weighted by atomic mass is 35.5. The second-order valence-electron chi connectivity index (χ2n) is 3.03. The van der Waals surface area contributed by atoms with Crippen molar-refractivity contribution in [1.29, 1.82) is 0 Å². The van der Waals surface area contributed by atoms with Crippen LogP contribution in [0.15, 0.2) is 28.7 Å². The molecule has 0 saturated heterocycles. The van der Waals surface area contributed by atoms with Gasteiger partial charge in [-0.25, -0.2) is 4.79 Å². The van der Waals surface area contributed by atoms with E-state index in [1.807, 2.05) is 0 Å². The highest BCUT2D eigenvalue weighted by Gasteiger charge is 2.02. The summed E-state index contributed by atoms with van der Waals surface area (Å²) in [6.07, 6.45) is 0. The minimum absolute atomic E-state index is 0.405. The zero-order chi connectivity index (χ0) is 11.5. The first kappa shape index (κ1) is 10.6. The number of ether oxygens (including phenoxy) is 1. The van der Waals surface area contributed by atoms with Gasteiger partial charge in [0.25, 0.3) is 0 Å². The second kappa shape index (κ2) is 4.30. The molecule has 16 heavy (non-hydrogen) atoms. The Labute approximate surface area is 96.9 Å². The van der Waals surface area contributed by atoms with E-state index in [-0.39, 0.29) is 0 Å². The molecule has 80 valence electrons. The van der Waals surface area contributed by atoms with E-state index in [2.05, 4.69) is 16.6 Å². The summed E-state index contributed by atoms with van der Waals surface area (Å²) in [7, 11) is 1.27. The minimum atomic E-state index is -0.599. The lowest BCUT2D eigenvalue weighted by Crippen LogP contribution is -1.94. The summed E-state index contributed by atoms with van der Waals surface area (Å²) in [5.41, 5.74) is 0.679. The SMILES string of the molecule is COC(=O)C#Cc1cc2cc(Cl)ccc2o1. The molecule has 0 fully saturated rings. The molecule has 0 saturated carbocycles. The number of rotatable bonds is 0. The first-order valence-corrected chi connectivity index (χ1v) is 4.86. The van der Waals surface area contributed by atoms with Gasteiger partial charge >= 0.3 is 5.97 Å². The van der Waals surface area contributed by atoms with Gasteiger partial charge in [-0.2, -0.15) is 0 Å². The third-order valence-electron chi connectivity index (χ3n) is 1.95. The molecular weight excluding hydrogens is 228 g/mol. The third kappa shape index (κ3) is 2.18. The summed E-state index contributed by atoms with van der Waals surface area (Å²) in [5.74, 6) is 4.66. The quantitative estimate of drug-likeness (QED) is 0.520. The predicted octanol–water partition coefficient (Wildman–Crippen LogP) is 2.61. The molecule has 0 atom stereocenters. The van der Waals surface area contributed by atoms with Crippen molar-refractivity contribution >= 4 is 28.5 Å². The molecule has 1 aromatic heterocycles. The number of hydrogen-bond donors (Lipinski definition) is 0. The van der Waals surface area contributed by atoms with Crippen LogP contribution in [0, 0.1) is 11.8 Å². The first-order chi connectivity index (χ1) is 7.69. The van der Waals surface area contributed by atoms with Crippen molar-refractivity contribution in [2.45, 2.75) is 0 Å². The van der Waals surface area contributed by atoms with Gasteiger partial charge in [0.05, 0.1) is 7.11 Å². The number of carbonyl (C=O) groups excluding carboxylic acids is 1. The van der Waals surface area contributed by atoms with E-state index in [9.17, 15) is 4.79 Å². The molecule has 0 amide bonds. The van der Waals surface area contributed by atoms with Crippen molar-refractivity contribution in [3.8, 4) is 11.8 Å². The number of esters is 1. The van der Waals surface area contributed by atoms with Gasteiger partial charge in [-0.1, -0.05) is 11.6 Å². The van der Waals surface area contributed by atoms with Gasteiger partial charge in [-0.05, 0) is 24.1 Å². The van der Waals surface area contributed by atoms with Gasteiger partial charge in [-0.15, -0.1) is 0 Å². The summed E-state index contributed by atoms with van der Waals surface area (Å²) in [6, 6.07) is 6.97. The maximum Gasteiger partial charge on any atom is 0.384 e. The highest BCUT2D eigenvalue weighted by molar-refractivity contribution is 6.31. The number of fused-ring (bicyclic) bond motifs is 1. The lowest BCUT2D eigenvalue weighted by atomic mass is 10.2. The lowest BCUT2D eigenvalue weighted by molar-refractivity contribution is -0.133. The van der Waals surface area contributed by atoms with Crippen LogP contribution in [-0.2, 0) is 9.53 Å². The van der Waals surface area contributed by atoms with Gasteiger partial charge < -0.3 is 9.15 Å². The predicted molar refractivity (Wildman–Crippen MR) is 60.1 cm³/mol. The smallest absolute Gasteiger partial charge is 0.384 e. The molecule has 0 unspecified atom stereocenters. The van der Waals surface area contributed by atoms with E-state index in [4.69, 9.17) is 16.0 Å². The van der Waals surface area contributed by atoms with Crippen LogP contribution in [0.25, 0.3) is 11.0 Å². The number of hydrogen-bond acceptors (Lipinski definition) is 3. The Morgan fingerprint density at radius 2 is 2.25 bits per heavy atom. The molecule has 1 aromatic carbocycles. The monoisotopic (exact) mass is 234 g/mol. The van der Waals surface area contributed by atoms with Crippen molar-refractivity contribution in [2.75, 3.05) is 7.11 Å². The van der Waals surface area contributed by atoms with Crippen LogP contribution in [-0.4, -0.2) is 13.1 Å². The Balaban J connectivity index is 2.39. The molecule has 0 aliphatic rings. The van der Waals surface area contributed by atoms with Gasteiger partial charge in [0.1, 0.15) is 5.58 Å². The Morgan fingerprint density at radius 1 is 1.44 bits per heavy atom. The Hall–Kier alpha value is -1.92. The molecule has 0 radical (unpaired) electrons. The molecule has 0 aliphatic carbocycles. The summed E-state index contributed by atoms with van der Waals surface area (Å²) >= 11 is 5.83. The van der Waals surface area contributed by atoms with E-state index in [1.165, 1.54) is 7.11 Å². The molecular formula is C12H7ClO3. The molecule has 2 rings (SSSR count). The lowest BCUT2D eigenvalue weighted by Gasteiger charge is -1.87. The largest absolute Gasteiger partial charge is 0.459 e. The molecule has 0 N–H and O–H groups in total. The van der Waals surface area contributed by atoms with E-state index >= 15 is 0 Å². The summed E-state index contributed by atoms with van der Waals surface area (Å²) in [5, 5.41) is 1.47. The van der Waals surface area contributed by atoms with Crippen LogP contribution in [0.4, 0.5) is 0 Å². The van der Waals surface area contributed by atoms with Crippen molar-refractivity contribution in [2.24, 2.45) is 0 Å². The molecule has 3 nitrogen and oxygen atoms in total. The highest BCUT2D eigenvalue weighted by Crippen LogP contribution is 2.22. The van der Waals surface area contributed by atoms with E-state index in [1.54, 1.807) is 24.3 Å². The number of benzene rings is 1. The van der Waals surface area contributed by atoms with Crippen LogP contribution < -0.4 is 0 Å². The number of methoxy groups -OCH3 is 1. The fourth-order valence-electron chi connectivity index (χ4n) is 1.24. The van der Waals surface area contributed by atoms with Gasteiger partial charge in [0, 0.05) is 22.4 Å². The van der Waals surface area contributed by atoms with Gasteiger partial charge in [-0.3, -0.25) is 0 Å². The Bertz CT molecular complexity index is 601. The average Bonchev–Trinajstić information content (AvgIpc) is 2.67. The Kier molecular flexibility index (Phi) is 2.84. The summed E-state index contributed by atoms with van der Waals surface area (Å²) in [6.45, 7) is 0. The normalized spacial score (nSPS) is 9.62. The van der Waals surface area contributed by atoms with Crippen LogP contribution >= 0.6 is 11.6 Å². The van der Waals surface area contributed by atoms with Crippen LogP contribution in [0.3, 0.4) is 0 Å². The van der Waals surface area contributed by atoms with Gasteiger partial charge in [0.15, 0.2) is 5.76 Å². The molecule has 0 bridgehead atoms. The van der Waals surface area contributed by atoms with Crippen LogP contribution in [0.2, 0.25) is 5.02 Å². The second-order valence-corrected chi connectivity index (χ2v) is 3.47. The third-order valence-corrected chi connectivity index (χ3v) is 2.19. The fraction of sp³-hybridized carbons (Fsp3) is 0.0833. The van der Waals surface area contributed by atoms with Crippen molar-refractivity contribution in [3.05, 3.63) is 35.0 Å². The molecule has 2 aromatic rings.